The molecule has 0 aliphatic heterocycles. The third kappa shape index (κ3) is 2.70. The fourth-order valence-corrected chi connectivity index (χ4v) is 3.93. The highest BCUT2D eigenvalue weighted by molar-refractivity contribution is 5.97. The SMILES string of the molecule is c1ccc2c(-c3cc(-c4cc(-c5cccc6ccccc56)on4)no3)cccc2c1. The normalized spacial score (nSPS) is 11.3. The van der Waals surface area contributed by atoms with Gasteiger partial charge in [0.25, 0.3) is 0 Å². The Morgan fingerprint density at radius 1 is 0.467 bits per heavy atom. The van der Waals surface area contributed by atoms with Crippen molar-refractivity contribution in [3.8, 4) is 34.0 Å². The van der Waals surface area contributed by atoms with Gasteiger partial charge in [-0.1, -0.05) is 95.2 Å². The topological polar surface area (TPSA) is 52.1 Å². The Balaban J connectivity index is 1.41. The van der Waals surface area contributed by atoms with Gasteiger partial charge in [0.1, 0.15) is 11.4 Å². The fraction of sp³-hybridized carbons (Fsp3) is 0. The van der Waals surface area contributed by atoms with Gasteiger partial charge in [-0.15, -0.1) is 0 Å². The van der Waals surface area contributed by atoms with E-state index in [0.717, 1.165) is 32.7 Å². The van der Waals surface area contributed by atoms with Crippen LogP contribution in [0.3, 0.4) is 0 Å². The van der Waals surface area contributed by atoms with Crippen molar-refractivity contribution in [2.45, 2.75) is 0 Å². The first kappa shape index (κ1) is 16.7. The lowest BCUT2D eigenvalue weighted by atomic mass is 10.0. The van der Waals surface area contributed by atoms with Gasteiger partial charge in [0.05, 0.1) is 0 Å². The van der Waals surface area contributed by atoms with Gasteiger partial charge in [-0.2, -0.15) is 0 Å². The van der Waals surface area contributed by atoms with E-state index in [1.165, 1.54) is 0 Å². The molecule has 142 valence electrons. The molecule has 0 aliphatic rings. The van der Waals surface area contributed by atoms with E-state index in [4.69, 9.17) is 9.05 Å². The number of rotatable bonds is 3. The van der Waals surface area contributed by atoms with Crippen LogP contribution in [-0.2, 0) is 0 Å². The minimum absolute atomic E-state index is 0.646. The number of aromatic nitrogens is 2. The van der Waals surface area contributed by atoms with Crippen LogP contribution in [0.15, 0.2) is 106 Å². The second-order valence-electron chi connectivity index (χ2n) is 7.21. The minimum atomic E-state index is 0.646. The maximum atomic E-state index is 5.67. The predicted molar refractivity (Wildman–Crippen MR) is 118 cm³/mol. The zero-order chi connectivity index (χ0) is 19.9. The lowest BCUT2D eigenvalue weighted by Gasteiger charge is -2.02. The van der Waals surface area contributed by atoms with E-state index in [-0.39, 0.29) is 0 Å². The molecule has 4 aromatic carbocycles. The molecular formula is C26H16N2O2. The largest absolute Gasteiger partial charge is 0.356 e. The van der Waals surface area contributed by atoms with E-state index in [9.17, 15) is 0 Å². The highest BCUT2D eigenvalue weighted by Crippen LogP contribution is 2.34. The van der Waals surface area contributed by atoms with Crippen molar-refractivity contribution in [1.29, 1.82) is 0 Å². The quantitative estimate of drug-likeness (QED) is 0.328. The molecule has 0 N–H and O–H groups in total. The zero-order valence-electron chi connectivity index (χ0n) is 15.9. The van der Waals surface area contributed by atoms with Crippen molar-refractivity contribution in [2.75, 3.05) is 0 Å². The first-order valence-corrected chi connectivity index (χ1v) is 9.77. The Kier molecular flexibility index (Phi) is 3.74. The molecular weight excluding hydrogens is 372 g/mol. The van der Waals surface area contributed by atoms with Crippen molar-refractivity contribution in [2.24, 2.45) is 0 Å². The average molecular weight is 388 g/mol. The molecule has 0 amide bonds. The zero-order valence-corrected chi connectivity index (χ0v) is 15.9. The van der Waals surface area contributed by atoms with E-state index in [1.807, 2.05) is 60.7 Å². The van der Waals surface area contributed by atoms with Gasteiger partial charge in [0.15, 0.2) is 11.5 Å². The number of hydrogen-bond acceptors (Lipinski definition) is 4. The second-order valence-corrected chi connectivity index (χ2v) is 7.21. The maximum Gasteiger partial charge on any atom is 0.168 e. The number of fused-ring (bicyclic) bond motifs is 2. The number of hydrogen-bond donors (Lipinski definition) is 0. The third-order valence-corrected chi connectivity index (χ3v) is 5.39. The van der Waals surface area contributed by atoms with E-state index in [0.29, 0.717) is 22.9 Å². The second kappa shape index (κ2) is 6.71. The van der Waals surface area contributed by atoms with E-state index < -0.39 is 0 Å². The molecule has 0 spiro atoms. The fourth-order valence-electron chi connectivity index (χ4n) is 3.93. The lowest BCUT2D eigenvalue weighted by Crippen LogP contribution is -1.78. The van der Waals surface area contributed by atoms with Crippen molar-refractivity contribution in [3.63, 3.8) is 0 Å². The summed E-state index contributed by atoms with van der Waals surface area (Å²) < 4.78 is 11.3. The van der Waals surface area contributed by atoms with Crippen LogP contribution in [0.5, 0.6) is 0 Å². The summed E-state index contributed by atoms with van der Waals surface area (Å²) in [5.41, 5.74) is 3.30. The van der Waals surface area contributed by atoms with Crippen LogP contribution < -0.4 is 0 Å². The van der Waals surface area contributed by atoms with Crippen LogP contribution in [0, 0.1) is 0 Å². The molecule has 0 saturated heterocycles. The summed E-state index contributed by atoms with van der Waals surface area (Å²) in [5.74, 6) is 1.41. The first-order valence-electron chi connectivity index (χ1n) is 9.77. The van der Waals surface area contributed by atoms with Crippen LogP contribution in [-0.4, -0.2) is 10.3 Å². The molecule has 0 bridgehead atoms. The smallest absolute Gasteiger partial charge is 0.168 e. The molecule has 2 aromatic heterocycles. The molecule has 0 radical (unpaired) electrons. The lowest BCUT2D eigenvalue weighted by molar-refractivity contribution is 0.425. The summed E-state index contributed by atoms with van der Waals surface area (Å²) in [7, 11) is 0. The Hall–Kier alpha value is -4.18. The standard InChI is InChI=1S/C26H16N2O2/c1-3-11-19-17(7-1)9-5-13-21(19)25-15-23(27-29-25)24-16-26(30-28-24)22-14-6-10-18-8-2-4-12-20(18)22/h1-16H. The Labute approximate surface area is 172 Å². The minimum Gasteiger partial charge on any atom is -0.356 e. The molecule has 2 heterocycles. The summed E-state index contributed by atoms with van der Waals surface area (Å²) in [5, 5.41) is 13.1. The number of benzene rings is 4. The highest BCUT2D eigenvalue weighted by Gasteiger charge is 2.16. The van der Waals surface area contributed by atoms with Gasteiger partial charge in [0.2, 0.25) is 0 Å². The Morgan fingerprint density at radius 3 is 1.40 bits per heavy atom. The Morgan fingerprint density at radius 2 is 0.900 bits per heavy atom. The summed E-state index contributed by atoms with van der Waals surface area (Å²) in [6.45, 7) is 0. The molecule has 6 aromatic rings. The molecule has 0 fully saturated rings. The molecule has 4 nitrogen and oxygen atoms in total. The van der Waals surface area contributed by atoms with Crippen LogP contribution in [0.25, 0.3) is 55.6 Å². The molecule has 4 heteroatoms. The van der Waals surface area contributed by atoms with Gasteiger partial charge >= 0.3 is 0 Å². The van der Waals surface area contributed by atoms with Crippen molar-refractivity contribution < 1.29 is 9.05 Å². The van der Waals surface area contributed by atoms with Crippen LogP contribution >= 0.6 is 0 Å². The van der Waals surface area contributed by atoms with E-state index in [1.54, 1.807) is 0 Å². The first-order chi connectivity index (χ1) is 14.9. The van der Waals surface area contributed by atoms with Crippen molar-refractivity contribution >= 4 is 21.5 Å². The van der Waals surface area contributed by atoms with Crippen LogP contribution in [0.1, 0.15) is 0 Å². The highest BCUT2D eigenvalue weighted by atomic mass is 16.5. The average Bonchev–Trinajstić information content (AvgIpc) is 3.48. The summed E-state index contributed by atoms with van der Waals surface area (Å²) in [6, 6.07) is 32.6. The van der Waals surface area contributed by atoms with Crippen molar-refractivity contribution in [1.82, 2.24) is 10.3 Å². The summed E-state index contributed by atoms with van der Waals surface area (Å²) >= 11 is 0. The van der Waals surface area contributed by atoms with Crippen LogP contribution in [0.2, 0.25) is 0 Å². The molecule has 30 heavy (non-hydrogen) atoms. The van der Waals surface area contributed by atoms with Gasteiger partial charge in [-0.3, -0.25) is 0 Å². The summed E-state index contributed by atoms with van der Waals surface area (Å²) in [6.07, 6.45) is 0. The molecule has 0 aliphatic carbocycles. The predicted octanol–water partition coefficient (Wildman–Crippen LogP) is 6.97. The van der Waals surface area contributed by atoms with E-state index >= 15 is 0 Å². The Bertz CT molecular complexity index is 1380. The van der Waals surface area contributed by atoms with Crippen LogP contribution in [0.4, 0.5) is 0 Å². The van der Waals surface area contributed by atoms with E-state index in [2.05, 4.69) is 46.7 Å². The third-order valence-electron chi connectivity index (χ3n) is 5.39. The molecule has 0 unspecified atom stereocenters. The van der Waals surface area contributed by atoms with Gasteiger partial charge in [-0.05, 0) is 21.5 Å². The molecule has 0 atom stereocenters. The van der Waals surface area contributed by atoms with Crippen molar-refractivity contribution in [3.05, 3.63) is 97.1 Å². The molecule has 6 rings (SSSR count). The van der Waals surface area contributed by atoms with Gasteiger partial charge in [0, 0.05) is 23.3 Å². The van der Waals surface area contributed by atoms with Gasteiger partial charge in [-0.25, -0.2) is 0 Å². The number of nitrogens with zero attached hydrogens (tertiary/aromatic N) is 2. The van der Waals surface area contributed by atoms with Gasteiger partial charge < -0.3 is 9.05 Å². The maximum absolute atomic E-state index is 5.67. The summed E-state index contributed by atoms with van der Waals surface area (Å²) in [4.78, 5) is 0. The molecule has 0 saturated carbocycles. The monoisotopic (exact) mass is 388 g/mol.